The molecule has 0 unspecified atom stereocenters. The molecule has 0 saturated carbocycles. The number of nitrogens with zero attached hydrogens (tertiary/aromatic N) is 3. The number of piperidine rings is 1. The van der Waals surface area contributed by atoms with E-state index < -0.39 is 0 Å². The number of aromatic nitrogens is 1. The molecule has 0 bridgehead atoms. The summed E-state index contributed by atoms with van der Waals surface area (Å²) in [6, 6.07) is 10.4. The quantitative estimate of drug-likeness (QED) is 0.498. The number of carbonyl (C=O) groups excluding carboxylic acids is 1. The summed E-state index contributed by atoms with van der Waals surface area (Å²) in [6.07, 6.45) is 9.80. The Morgan fingerprint density at radius 1 is 0.946 bits per heavy atom. The standard InChI is InChI=1S/C30H39ClN4O2/c31-26-9-10-27-25(22-26)8-7-24-6-5-13-33-29(24)28(27)23-11-17-35(18-12-23)30(36)37-21-4-2-1-3-16-34-19-14-32-15-20-34/h5-6,9-10,13,22,32H,1-4,7-8,11-12,14-21H2. The van der Waals surface area contributed by atoms with Crippen molar-refractivity contribution in [1.29, 1.82) is 0 Å². The van der Waals surface area contributed by atoms with Crippen LogP contribution in [0, 0.1) is 0 Å². The van der Waals surface area contributed by atoms with Crippen LogP contribution in [0.2, 0.25) is 5.02 Å². The summed E-state index contributed by atoms with van der Waals surface area (Å²) in [5.74, 6) is 0. The Balaban J connectivity index is 1.13. The van der Waals surface area contributed by atoms with Crippen molar-refractivity contribution in [3.8, 4) is 0 Å². The Morgan fingerprint density at radius 3 is 2.57 bits per heavy atom. The van der Waals surface area contributed by atoms with Crippen molar-refractivity contribution < 1.29 is 9.53 Å². The monoisotopic (exact) mass is 522 g/mol. The van der Waals surface area contributed by atoms with E-state index in [4.69, 9.17) is 21.3 Å². The average Bonchev–Trinajstić information content (AvgIpc) is 3.09. The van der Waals surface area contributed by atoms with E-state index in [2.05, 4.69) is 28.4 Å². The number of amides is 1. The number of rotatable bonds is 7. The van der Waals surface area contributed by atoms with Gasteiger partial charge in [-0.1, -0.05) is 42.1 Å². The van der Waals surface area contributed by atoms with Gasteiger partial charge in [0.15, 0.2) is 0 Å². The van der Waals surface area contributed by atoms with Gasteiger partial charge < -0.3 is 19.9 Å². The molecule has 37 heavy (non-hydrogen) atoms. The molecule has 1 aliphatic carbocycles. The van der Waals surface area contributed by atoms with Crippen LogP contribution in [-0.4, -0.2) is 73.3 Å². The number of fused-ring (bicyclic) bond motifs is 2. The van der Waals surface area contributed by atoms with Crippen LogP contribution in [0.5, 0.6) is 0 Å². The molecule has 1 aromatic carbocycles. The molecular formula is C30H39ClN4O2. The van der Waals surface area contributed by atoms with E-state index in [1.165, 1.54) is 47.2 Å². The molecule has 3 heterocycles. The van der Waals surface area contributed by atoms with E-state index in [0.717, 1.165) is 75.4 Å². The van der Waals surface area contributed by atoms with E-state index in [-0.39, 0.29) is 6.09 Å². The van der Waals surface area contributed by atoms with Crippen molar-refractivity contribution in [2.24, 2.45) is 0 Å². The lowest BCUT2D eigenvalue weighted by Crippen LogP contribution is -2.43. The summed E-state index contributed by atoms with van der Waals surface area (Å²) in [5.41, 5.74) is 7.51. The molecule has 5 rings (SSSR count). The van der Waals surface area contributed by atoms with Crippen LogP contribution < -0.4 is 5.32 Å². The fraction of sp³-hybridized carbons (Fsp3) is 0.533. The van der Waals surface area contributed by atoms with Gasteiger partial charge in [-0.25, -0.2) is 4.79 Å². The topological polar surface area (TPSA) is 57.7 Å². The molecule has 3 aliphatic rings. The second-order valence-corrected chi connectivity index (χ2v) is 10.8. The highest BCUT2D eigenvalue weighted by Crippen LogP contribution is 2.38. The largest absolute Gasteiger partial charge is 0.449 e. The van der Waals surface area contributed by atoms with Gasteiger partial charge in [-0.3, -0.25) is 4.98 Å². The average molecular weight is 523 g/mol. The predicted octanol–water partition coefficient (Wildman–Crippen LogP) is 5.33. The number of aryl methyl sites for hydroxylation is 2. The number of unbranched alkanes of at least 4 members (excludes halogenated alkanes) is 3. The third-order valence-corrected chi connectivity index (χ3v) is 8.15. The summed E-state index contributed by atoms with van der Waals surface area (Å²) >= 11 is 6.34. The summed E-state index contributed by atoms with van der Waals surface area (Å²) in [6.45, 7) is 7.62. The second kappa shape index (κ2) is 12.9. The van der Waals surface area contributed by atoms with Crippen LogP contribution >= 0.6 is 11.6 Å². The number of nitrogens with one attached hydrogen (secondary N) is 1. The van der Waals surface area contributed by atoms with Crippen molar-refractivity contribution in [3.05, 3.63) is 69.5 Å². The van der Waals surface area contributed by atoms with Gasteiger partial charge in [-0.05, 0) is 80.0 Å². The smallest absolute Gasteiger partial charge is 0.409 e. The molecule has 1 N–H and O–H groups in total. The van der Waals surface area contributed by atoms with Gasteiger partial charge in [0.05, 0.1) is 12.3 Å². The first-order valence-corrected chi connectivity index (χ1v) is 14.4. The van der Waals surface area contributed by atoms with Crippen LogP contribution in [0.1, 0.15) is 60.9 Å². The van der Waals surface area contributed by atoms with Crippen molar-refractivity contribution in [3.63, 3.8) is 0 Å². The van der Waals surface area contributed by atoms with E-state index in [0.29, 0.717) is 19.7 Å². The lowest BCUT2D eigenvalue weighted by Gasteiger charge is -2.29. The Kier molecular flexibility index (Phi) is 9.14. The highest BCUT2D eigenvalue weighted by atomic mass is 35.5. The first-order valence-electron chi connectivity index (χ1n) is 14.0. The van der Waals surface area contributed by atoms with Crippen LogP contribution in [0.3, 0.4) is 0 Å². The van der Waals surface area contributed by atoms with E-state index in [1.807, 2.05) is 23.2 Å². The molecule has 2 saturated heterocycles. The summed E-state index contributed by atoms with van der Waals surface area (Å²) in [7, 11) is 0. The molecule has 2 aromatic rings. The normalized spacial score (nSPS) is 18.2. The van der Waals surface area contributed by atoms with Gasteiger partial charge in [-0.15, -0.1) is 0 Å². The Morgan fingerprint density at radius 2 is 1.73 bits per heavy atom. The molecule has 2 aliphatic heterocycles. The molecule has 2 fully saturated rings. The fourth-order valence-corrected chi connectivity index (χ4v) is 6.01. The van der Waals surface area contributed by atoms with Crippen molar-refractivity contribution in [2.45, 2.75) is 51.4 Å². The predicted molar refractivity (Wildman–Crippen MR) is 149 cm³/mol. The number of piperazine rings is 1. The van der Waals surface area contributed by atoms with Crippen molar-refractivity contribution >= 4 is 23.3 Å². The zero-order valence-corrected chi connectivity index (χ0v) is 22.6. The van der Waals surface area contributed by atoms with Crippen LogP contribution in [0.25, 0.3) is 5.57 Å². The number of ether oxygens (including phenoxy) is 1. The number of carbonyl (C=O) groups is 1. The molecule has 0 atom stereocenters. The fourth-order valence-electron chi connectivity index (χ4n) is 5.82. The third kappa shape index (κ3) is 6.73. The number of halogens is 1. The van der Waals surface area contributed by atoms with E-state index >= 15 is 0 Å². The Hall–Kier alpha value is -2.41. The minimum absolute atomic E-state index is 0.170. The second-order valence-electron chi connectivity index (χ2n) is 10.4. The highest BCUT2D eigenvalue weighted by Gasteiger charge is 2.27. The molecule has 6 nitrogen and oxygen atoms in total. The summed E-state index contributed by atoms with van der Waals surface area (Å²) in [4.78, 5) is 21.9. The maximum atomic E-state index is 12.7. The van der Waals surface area contributed by atoms with E-state index in [9.17, 15) is 4.79 Å². The SMILES string of the molecule is O=C(OCCCCCCN1CCNCC1)N1CCC(=C2c3ccc(Cl)cc3CCc3cccnc32)CC1. The zero-order valence-electron chi connectivity index (χ0n) is 21.8. The van der Waals surface area contributed by atoms with Gasteiger partial charge in [0.2, 0.25) is 0 Å². The first-order chi connectivity index (χ1) is 18.2. The summed E-state index contributed by atoms with van der Waals surface area (Å²) < 4.78 is 5.63. The Labute approximate surface area is 226 Å². The maximum absolute atomic E-state index is 12.7. The van der Waals surface area contributed by atoms with Crippen LogP contribution in [-0.2, 0) is 17.6 Å². The van der Waals surface area contributed by atoms with Gasteiger partial charge in [0, 0.05) is 56.1 Å². The first kappa shape index (κ1) is 26.2. The van der Waals surface area contributed by atoms with Crippen LogP contribution in [0.4, 0.5) is 4.79 Å². The maximum Gasteiger partial charge on any atom is 0.409 e. The van der Waals surface area contributed by atoms with Gasteiger partial charge in [-0.2, -0.15) is 0 Å². The number of pyridine rings is 1. The lowest BCUT2D eigenvalue weighted by atomic mass is 9.88. The molecule has 0 radical (unpaired) electrons. The van der Waals surface area contributed by atoms with E-state index in [1.54, 1.807) is 0 Å². The molecule has 1 amide bonds. The molecular weight excluding hydrogens is 484 g/mol. The summed E-state index contributed by atoms with van der Waals surface area (Å²) in [5, 5.41) is 4.18. The van der Waals surface area contributed by atoms with Crippen molar-refractivity contribution in [1.82, 2.24) is 20.1 Å². The molecule has 7 heteroatoms. The highest BCUT2D eigenvalue weighted by molar-refractivity contribution is 6.30. The lowest BCUT2D eigenvalue weighted by molar-refractivity contribution is 0.0977. The number of hydrogen-bond acceptors (Lipinski definition) is 5. The molecule has 1 aromatic heterocycles. The van der Waals surface area contributed by atoms with Gasteiger partial charge >= 0.3 is 6.09 Å². The van der Waals surface area contributed by atoms with Gasteiger partial charge in [0.25, 0.3) is 0 Å². The number of likely N-dealkylation sites (tertiary alicyclic amines) is 1. The minimum atomic E-state index is -0.170. The molecule has 0 spiro atoms. The zero-order chi connectivity index (χ0) is 25.5. The van der Waals surface area contributed by atoms with Crippen molar-refractivity contribution in [2.75, 3.05) is 52.4 Å². The van der Waals surface area contributed by atoms with Gasteiger partial charge in [0.1, 0.15) is 0 Å². The third-order valence-electron chi connectivity index (χ3n) is 7.91. The molecule has 198 valence electrons. The minimum Gasteiger partial charge on any atom is -0.449 e. The van der Waals surface area contributed by atoms with Crippen LogP contribution in [0.15, 0.2) is 42.1 Å². The number of hydrogen-bond donors (Lipinski definition) is 1. The Bertz CT molecular complexity index is 1100. The number of benzene rings is 1.